The van der Waals surface area contributed by atoms with Crippen molar-refractivity contribution in [3.05, 3.63) is 28.8 Å². The molecule has 0 saturated heterocycles. The van der Waals surface area contributed by atoms with Crippen molar-refractivity contribution in [2.24, 2.45) is 5.41 Å². The topological polar surface area (TPSA) is 76.1 Å². The zero-order chi connectivity index (χ0) is 13.2. The normalized spacial score (nSPS) is 15.8. The molecule has 0 radical (unpaired) electrons. The minimum atomic E-state index is -0.451. The molecule has 2 rings (SSSR count). The van der Waals surface area contributed by atoms with Crippen molar-refractivity contribution in [2.45, 2.75) is 19.3 Å². The Bertz CT molecular complexity index is 498. The summed E-state index contributed by atoms with van der Waals surface area (Å²) in [6.07, 6.45) is 2.30. The van der Waals surface area contributed by atoms with Gasteiger partial charge in [-0.3, -0.25) is 0 Å². The van der Waals surface area contributed by atoms with Crippen molar-refractivity contribution >= 4 is 23.3 Å². The fourth-order valence-corrected chi connectivity index (χ4v) is 1.99. The van der Waals surface area contributed by atoms with Crippen LogP contribution < -0.4 is 5.73 Å². The molecule has 0 heterocycles. The lowest BCUT2D eigenvalue weighted by atomic mass is 10.1. The van der Waals surface area contributed by atoms with E-state index in [1.54, 1.807) is 6.07 Å². The second-order valence-corrected chi connectivity index (χ2v) is 5.12. The van der Waals surface area contributed by atoms with Crippen molar-refractivity contribution in [1.29, 1.82) is 5.26 Å². The summed E-state index contributed by atoms with van der Waals surface area (Å²) in [5.41, 5.74) is 6.25. The van der Waals surface area contributed by atoms with E-state index in [0.29, 0.717) is 22.7 Å². The fraction of sp³-hybridized carbons (Fsp3) is 0.385. The summed E-state index contributed by atoms with van der Waals surface area (Å²) in [7, 11) is 0. The van der Waals surface area contributed by atoms with Gasteiger partial charge in [-0.25, -0.2) is 4.79 Å². The number of nitrogen functional groups attached to an aromatic ring is 1. The van der Waals surface area contributed by atoms with Gasteiger partial charge in [-0.15, -0.1) is 0 Å². The monoisotopic (exact) mass is 264 g/mol. The van der Waals surface area contributed by atoms with E-state index in [1.165, 1.54) is 12.1 Å². The smallest absolute Gasteiger partial charge is 0.338 e. The maximum Gasteiger partial charge on any atom is 0.338 e. The van der Waals surface area contributed by atoms with Crippen LogP contribution in [0.4, 0.5) is 5.69 Å². The Hall–Kier alpha value is -1.73. The lowest BCUT2D eigenvalue weighted by Crippen LogP contribution is -2.15. The first-order valence-corrected chi connectivity index (χ1v) is 6.03. The average Bonchev–Trinajstić information content (AvgIpc) is 3.06. The number of nitrogens with zero attached hydrogens (tertiary/aromatic N) is 1. The van der Waals surface area contributed by atoms with Gasteiger partial charge in [-0.2, -0.15) is 5.26 Å². The van der Waals surface area contributed by atoms with Crippen LogP contribution in [0.5, 0.6) is 0 Å². The van der Waals surface area contributed by atoms with Crippen molar-refractivity contribution in [2.75, 3.05) is 12.3 Å². The van der Waals surface area contributed by atoms with Gasteiger partial charge < -0.3 is 10.5 Å². The van der Waals surface area contributed by atoms with Gasteiger partial charge in [-0.1, -0.05) is 11.6 Å². The van der Waals surface area contributed by atoms with E-state index in [4.69, 9.17) is 27.3 Å². The molecule has 0 amide bonds. The van der Waals surface area contributed by atoms with Crippen LogP contribution in [0.25, 0.3) is 0 Å². The molecule has 1 aliphatic carbocycles. The zero-order valence-electron chi connectivity index (χ0n) is 9.78. The summed E-state index contributed by atoms with van der Waals surface area (Å²) in [6, 6.07) is 6.73. The third-order valence-corrected chi connectivity index (χ3v) is 3.29. The van der Waals surface area contributed by atoms with Gasteiger partial charge in [0.25, 0.3) is 0 Å². The van der Waals surface area contributed by atoms with Crippen LogP contribution in [-0.4, -0.2) is 12.6 Å². The number of ether oxygens (including phenoxy) is 1. The molecule has 5 heteroatoms. The predicted octanol–water partition coefficient (Wildman–Crippen LogP) is 2.77. The standard InChI is InChI=1S/C13H13ClN2O2/c14-10-5-9(6-11(16)7-10)12(17)18-8-13(1-2-13)3-4-15/h5-7H,1-3,8,16H2. The Kier molecular flexibility index (Phi) is 3.44. The Balaban J connectivity index is 1.98. The van der Waals surface area contributed by atoms with Crippen molar-refractivity contribution in [3.63, 3.8) is 0 Å². The molecule has 18 heavy (non-hydrogen) atoms. The highest BCUT2D eigenvalue weighted by Gasteiger charge is 2.43. The van der Waals surface area contributed by atoms with Crippen LogP contribution in [0.15, 0.2) is 18.2 Å². The predicted molar refractivity (Wildman–Crippen MR) is 68.0 cm³/mol. The maximum absolute atomic E-state index is 11.8. The minimum absolute atomic E-state index is 0.117. The summed E-state index contributed by atoms with van der Waals surface area (Å²) in [4.78, 5) is 11.8. The molecule has 1 fully saturated rings. The largest absolute Gasteiger partial charge is 0.461 e. The fourth-order valence-electron chi connectivity index (χ4n) is 1.75. The molecular weight excluding hydrogens is 252 g/mol. The Morgan fingerprint density at radius 1 is 1.50 bits per heavy atom. The number of hydrogen-bond donors (Lipinski definition) is 1. The molecule has 1 aromatic carbocycles. The molecule has 2 N–H and O–H groups in total. The van der Waals surface area contributed by atoms with E-state index in [1.807, 2.05) is 0 Å². The van der Waals surface area contributed by atoms with Crippen LogP contribution in [0.2, 0.25) is 5.02 Å². The van der Waals surface area contributed by atoms with E-state index >= 15 is 0 Å². The van der Waals surface area contributed by atoms with Crippen molar-refractivity contribution < 1.29 is 9.53 Å². The number of carbonyl (C=O) groups is 1. The van der Waals surface area contributed by atoms with Gasteiger partial charge in [0, 0.05) is 22.5 Å². The highest BCUT2D eigenvalue weighted by Crippen LogP contribution is 2.48. The van der Waals surface area contributed by atoms with Crippen LogP contribution in [0, 0.1) is 16.7 Å². The SMILES string of the molecule is N#CCC1(COC(=O)c2cc(N)cc(Cl)c2)CC1. The summed E-state index contributed by atoms with van der Waals surface area (Å²) in [5.74, 6) is -0.451. The molecule has 0 spiro atoms. The first-order chi connectivity index (χ1) is 8.54. The first kappa shape index (κ1) is 12.7. The molecule has 0 unspecified atom stereocenters. The number of benzene rings is 1. The van der Waals surface area contributed by atoms with Gasteiger partial charge in [-0.05, 0) is 31.0 Å². The highest BCUT2D eigenvalue weighted by atomic mass is 35.5. The lowest BCUT2D eigenvalue weighted by molar-refractivity contribution is 0.0419. The van der Waals surface area contributed by atoms with Crippen molar-refractivity contribution in [1.82, 2.24) is 0 Å². The van der Waals surface area contributed by atoms with Gasteiger partial charge in [0.1, 0.15) is 0 Å². The third kappa shape index (κ3) is 2.93. The Morgan fingerprint density at radius 2 is 2.22 bits per heavy atom. The molecule has 94 valence electrons. The van der Waals surface area contributed by atoms with E-state index in [2.05, 4.69) is 6.07 Å². The number of nitrogens with two attached hydrogens (primary N) is 1. The Labute approximate surface area is 110 Å². The molecule has 0 atom stereocenters. The van der Waals surface area contributed by atoms with Crippen LogP contribution in [0.3, 0.4) is 0 Å². The number of halogens is 1. The van der Waals surface area contributed by atoms with Gasteiger partial charge in [0.2, 0.25) is 0 Å². The first-order valence-electron chi connectivity index (χ1n) is 5.65. The number of hydrogen-bond acceptors (Lipinski definition) is 4. The molecule has 1 aliphatic rings. The average molecular weight is 265 g/mol. The highest BCUT2D eigenvalue weighted by molar-refractivity contribution is 6.31. The number of nitriles is 1. The summed E-state index contributed by atoms with van der Waals surface area (Å²) in [5, 5.41) is 9.08. The number of carbonyl (C=O) groups excluding carboxylic acids is 1. The number of anilines is 1. The molecule has 1 aromatic rings. The summed E-state index contributed by atoms with van der Waals surface area (Å²) < 4.78 is 5.21. The second kappa shape index (κ2) is 4.87. The third-order valence-electron chi connectivity index (χ3n) is 3.08. The second-order valence-electron chi connectivity index (χ2n) is 4.68. The lowest BCUT2D eigenvalue weighted by Gasteiger charge is -2.11. The van der Waals surface area contributed by atoms with E-state index in [0.717, 1.165) is 12.8 Å². The van der Waals surface area contributed by atoms with E-state index in [9.17, 15) is 4.79 Å². The Morgan fingerprint density at radius 3 is 2.78 bits per heavy atom. The molecule has 0 aromatic heterocycles. The van der Waals surface area contributed by atoms with Crippen LogP contribution in [-0.2, 0) is 4.74 Å². The zero-order valence-corrected chi connectivity index (χ0v) is 10.5. The van der Waals surface area contributed by atoms with Crippen molar-refractivity contribution in [3.8, 4) is 6.07 Å². The molecule has 4 nitrogen and oxygen atoms in total. The maximum atomic E-state index is 11.8. The molecular formula is C13H13ClN2O2. The molecule has 0 bridgehead atoms. The summed E-state index contributed by atoms with van der Waals surface area (Å²) in [6.45, 7) is 0.284. The van der Waals surface area contributed by atoms with Crippen LogP contribution in [0.1, 0.15) is 29.6 Å². The number of esters is 1. The van der Waals surface area contributed by atoms with Gasteiger partial charge in [0.05, 0.1) is 18.2 Å². The van der Waals surface area contributed by atoms with Crippen LogP contribution >= 0.6 is 11.6 Å². The molecule has 0 aliphatic heterocycles. The van der Waals surface area contributed by atoms with Gasteiger partial charge in [0.15, 0.2) is 0 Å². The quantitative estimate of drug-likeness (QED) is 0.670. The summed E-state index contributed by atoms with van der Waals surface area (Å²) >= 11 is 5.82. The minimum Gasteiger partial charge on any atom is -0.461 e. The van der Waals surface area contributed by atoms with E-state index < -0.39 is 5.97 Å². The van der Waals surface area contributed by atoms with Gasteiger partial charge >= 0.3 is 5.97 Å². The number of rotatable bonds is 4. The van der Waals surface area contributed by atoms with E-state index in [-0.39, 0.29) is 12.0 Å². The molecule has 1 saturated carbocycles.